The molecule has 0 radical (unpaired) electrons. The molecule has 124 valence electrons. The number of halogens is 1. The number of benzene rings is 1. The molecule has 6 nitrogen and oxygen atoms in total. The third kappa shape index (κ3) is 4.38. The number of hydrogen-bond donors (Lipinski definition) is 1. The molecule has 0 spiro atoms. The third-order valence-electron chi connectivity index (χ3n) is 3.18. The number of amides is 1. The minimum absolute atomic E-state index is 0.00491. The normalized spacial score (nSPS) is 13.4. The Bertz CT molecular complexity index is 732. The van der Waals surface area contributed by atoms with Gasteiger partial charge in [0.25, 0.3) is 0 Å². The van der Waals surface area contributed by atoms with Gasteiger partial charge in [0.2, 0.25) is 11.8 Å². The van der Waals surface area contributed by atoms with E-state index in [4.69, 9.17) is 9.26 Å². The number of carbonyl (C=O) groups is 1. The Balaban J connectivity index is 2.05. The molecule has 0 saturated heterocycles. The van der Waals surface area contributed by atoms with Crippen molar-refractivity contribution in [3.05, 3.63) is 41.3 Å². The van der Waals surface area contributed by atoms with Crippen LogP contribution in [0.5, 0.6) is 5.75 Å². The lowest BCUT2D eigenvalue weighted by molar-refractivity contribution is -0.115. The van der Waals surface area contributed by atoms with E-state index in [1.807, 2.05) is 0 Å². The summed E-state index contributed by atoms with van der Waals surface area (Å²) in [6.07, 6.45) is 0. The fourth-order valence-electron chi connectivity index (χ4n) is 1.90. The van der Waals surface area contributed by atoms with E-state index in [-0.39, 0.29) is 11.6 Å². The van der Waals surface area contributed by atoms with Gasteiger partial charge in [-0.3, -0.25) is 14.3 Å². The van der Waals surface area contributed by atoms with Crippen molar-refractivity contribution in [2.75, 3.05) is 12.4 Å². The van der Waals surface area contributed by atoms with Crippen LogP contribution < -0.4 is 10.1 Å². The molecule has 1 aromatic carbocycles. The van der Waals surface area contributed by atoms with Gasteiger partial charge in [-0.1, -0.05) is 5.16 Å². The van der Waals surface area contributed by atoms with Gasteiger partial charge in [0.1, 0.15) is 16.8 Å². The zero-order valence-corrected chi connectivity index (χ0v) is 13.8. The molecule has 0 saturated carbocycles. The molecular weight excluding hydrogens is 323 g/mol. The second-order valence-corrected chi connectivity index (χ2v) is 6.70. The molecule has 0 bridgehead atoms. The van der Waals surface area contributed by atoms with Crippen LogP contribution >= 0.6 is 0 Å². The number of ether oxygens (including phenoxy) is 1. The van der Waals surface area contributed by atoms with Crippen LogP contribution in [0, 0.1) is 12.7 Å². The lowest BCUT2D eigenvalue weighted by Crippen LogP contribution is -2.29. The summed E-state index contributed by atoms with van der Waals surface area (Å²) in [5, 5.41) is 5.34. The van der Waals surface area contributed by atoms with Crippen LogP contribution in [-0.2, 0) is 21.3 Å². The van der Waals surface area contributed by atoms with E-state index in [1.54, 1.807) is 13.0 Å². The Kier molecular flexibility index (Phi) is 5.49. The number of hydrogen-bond acceptors (Lipinski definition) is 5. The largest absolute Gasteiger partial charge is 0.496 e. The summed E-state index contributed by atoms with van der Waals surface area (Å²) in [6, 6.07) is 5.53. The molecular formula is C15H17FN2O4S. The first-order chi connectivity index (χ1) is 10.9. The molecule has 0 fully saturated rings. The van der Waals surface area contributed by atoms with Crippen molar-refractivity contribution in [2.24, 2.45) is 0 Å². The van der Waals surface area contributed by atoms with Gasteiger partial charge in [-0.2, -0.15) is 0 Å². The van der Waals surface area contributed by atoms with E-state index in [9.17, 15) is 13.4 Å². The van der Waals surface area contributed by atoms with Crippen LogP contribution in [0.2, 0.25) is 0 Å². The van der Waals surface area contributed by atoms with Crippen LogP contribution in [0.1, 0.15) is 18.2 Å². The highest BCUT2D eigenvalue weighted by atomic mass is 32.2. The van der Waals surface area contributed by atoms with Gasteiger partial charge in [-0.25, -0.2) is 4.39 Å². The highest BCUT2D eigenvalue weighted by Gasteiger charge is 2.22. The smallest absolute Gasteiger partial charge is 0.242 e. The summed E-state index contributed by atoms with van der Waals surface area (Å²) in [7, 11) is -0.107. The van der Waals surface area contributed by atoms with Gasteiger partial charge in [-0.05, 0) is 32.0 Å². The first kappa shape index (κ1) is 17.1. The topological polar surface area (TPSA) is 81.4 Å². The molecule has 1 heterocycles. The Morgan fingerprint density at radius 2 is 2.22 bits per heavy atom. The van der Waals surface area contributed by atoms with Crippen molar-refractivity contribution >= 4 is 22.6 Å². The Morgan fingerprint density at radius 3 is 2.83 bits per heavy atom. The number of nitrogens with zero attached hydrogens (tertiary/aromatic N) is 1. The SMILES string of the molecule is COc1ccc(F)cc1C[S@@](=O)[C@@H](C)C(=O)Nc1cc(C)no1. The number of anilines is 1. The summed E-state index contributed by atoms with van der Waals surface area (Å²) in [4.78, 5) is 12.1. The number of nitrogens with one attached hydrogen (secondary N) is 1. The van der Waals surface area contributed by atoms with Crippen LogP contribution in [0.25, 0.3) is 0 Å². The maximum Gasteiger partial charge on any atom is 0.242 e. The number of carbonyl (C=O) groups excluding carboxylic acids is 1. The van der Waals surface area contributed by atoms with E-state index in [0.29, 0.717) is 17.0 Å². The second kappa shape index (κ2) is 7.36. The number of aromatic nitrogens is 1. The van der Waals surface area contributed by atoms with E-state index in [1.165, 1.54) is 32.2 Å². The van der Waals surface area contributed by atoms with Gasteiger partial charge in [0, 0.05) is 22.4 Å². The lowest BCUT2D eigenvalue weighted by Gasteiger charge is -2.12. The van der Waals surface area contributed by atoms with Gasteiger partial charge in [-0.15, -0.1) is 0 Å². The molecule has 0 unspecified atom stereocenters. The quantitative estimate of drug-likeness (QED) is 0.873. The first-order valence-corrected chi connectivity index (χ1v) is 8.22. The molecule has 1 aromatic heterocycles. The van der Waals surface area contributed by atoms with Crippen LogP contribution in [0.3, 0.4) is 0 Å². The van der Waals surface area contributed by atoms with E-state index < -0.39 is 27.8 Å². The molecule has 1 amide bonds. The predicted octanol–water partition coefficient (Wildman–Crippen LogP) is 2.41. The minimum atomic E-state index is -1.55. The van der Waals surface area contributed by atoms with Gasteiger partial charge in [0.05, 0.1) is 18.6 Å². The number of aryl methyl sites for hydroxylation is 1. The molecule has 2 atom stereocenters. The van der Waals surface area contributed by atoms with Crippen LogP contribution in [-0.4, -0.2) is 27.6 Å². The predicted molar refractivity (Wildman–Crippen MR) is 84.1 cm³/mol. The number of rotatable bonds is 6. The average molecular weight is 340 g/mol. The molecule has 1 N–H and O–H groups in total. The van der Waals surface area contributed by atoms with Crippen molar-refractivity contribution in [3.63, 3.8) is 0 Å². The molecule has 2 rings (SSSR count). The van der Waals surface area contributed by atoms with Gasteiger partial charge in [0.15, 0.2) is 0 Å². The van der Waals surface area contributed by atoms with Crippen molar-refractivity contribution in [1.82, 2.24) is 5.16 Å². The zero-order chi connectivity index (χ0) is 17.0. The molecule has 0 aliphatic rings. The van der Waals surface area contributed by atoms with Crippen molar-refractivity contribution < 1.29 is 22.7 Å². The summed E-state index contributed by atoms with van der Waals surface area (Å²) < 4.78 is 35.7. The summed E-state index contributed by atoms with van der Waals surface area (Å²) in [5.74, 6) is -0.287. The fourth-order valence-corrected chi connectivity index (χ4v) is 2.98. The van der Waals surface area contributed by atoms with Crippen molar-refractivity contribution in [1.29, 1.82) is 0 Å². The van der Waals surface area contributed by atoms with Crippen molar-refractivity contribution in [3.8, 4) is 5.75 Å². The lowest BCUT2D eigenvalue weighted by atomic mass is 10.2. The minimum Gasteiger partial charge on any atom is -0.496 e. The standard InChI is InChI=1S/C15H17FN2O4S/c1-9-6-14(22-18-9)17-15(19)10(2)23(20)8-11-7-12(16)4-5-13(11)21-3/h4-7,10H,8H2,1-3H3,(H,17,19)/t10-,23+/m0/s1. The fraction of sp³-hybridized carbons (Fsp3) is 0.333. The molecule has 0 aliphatic heterocycles. The van der Waals surface area contributed by atoms with Crippen LogP contribution in [0.15, 0.2) is 28.8 Å². The Hall–Kier alpha value is -2.22. The zero-order valence-electron chi connectivity index (χ0n) is 13.0. The summed E-state index contributed by atoms with van der Waals surface area (Å²) in [6.45, 7) is 3.25. The summed E-state index contributed by atoms with van der Waals surface area (Å²) >= 11 is 0. The highest BCUT2D eigenvalue weighted by Crippen LogP contribution is 2.22. The molecule has 23 heavy (non-hydrogen) atoms. The molecule has 2 aromatic rings. The third-order valence-corrected chi connectivity index (χ3v) is 4.78. The maximum atomic E-state index is 13.3. The highest BCUT2D eigenvalue weighted by molar-refractivity contribution is 7.85. The summed E-state index contributed by atoms with van der Waals surface area (Å²) in [5.41, 5.74) is 1.07. The first-order valence-electron chi connectivity index (χ1n) is 6.84. The van der Waals surface area contributed by atoms with Gasteiger partial charge < -0.3 is 9.26 Å². The number of methoxy groups -OCH3 is 1. The average Bonchev–Trinajstić information content (AvgIpc) is 2.91. The van der Waals surface area contributed by atoms with E-state index in [0.717, 1.165) is 0 Å². The van der Waals surface area contributed by atoms with E-state index >= 15 is 0 Å². The monoisotopic (exact) mass is 340 g/mol. The van der Waals surface area contributed by atoms with Crippen molar-refractivity contribution in [2.45, 2.75) is 24.9 Å². The molecule has 0 aliphatic carbocycles. The van der Waals surface area contributed by atoms with E-state index in [2.05, 4.69) is 10.5 Å². The van der Waals surface area contributed by atoms with Gasteiger partial charge >= 0.3 is 0 Å². The Morgan fingerprint density at radius 1 is 1.48 bits per heavy atom. The molecule has 8 heteroatoms. The maximum absolute atomic E-state index is 13.3. The second-order valence-electron chi connectivity index (χ2n) is 4.95. The van der Waals surface area contributed by atoms with Crippen LogP contribution in [0.4, 0.5) is 10.3 Å². The Labute approximate surface area is 135 Å².